The Hall–Kier alpha value is -0.470. The lowest BCUT2D eigenvalue weighted by molar-refractivity contribution is 0.522. The molecule has 1 atom stereocenters. The summed E-state index contributed by atoms with van der Waals surface area (Å²) in [5.74, 6) is 1.88. The number of aryl methyl sites for hydroxylation is 1. The van der Waals surface area contributed by atoms with Crippen molar-refractivity contribution in [2.75, 3.05) is 18.6 Å². The lowest BCUT2D eigenvalue weighted by Crippen LogP contribution is -2.28. The van der Waals surface area contributed by atoms with Crippen LogP contribution < -0.4 is 5.32 Å². The molecule has 17 heavy (non-hydrogen) atoms. The highest BCUT2D eigenvalue weighted by Crippen LogP contribution is 2.21. The average molecular weight is 251 g/mol. The summed E-state index contributed by atoms with van der Waals surface area (Å²) in [6.45, 7) is 7.65. The van der Waals surface area contributed by atoms with Gasteiger partial charge in [-0.15, -0.1) is 0 Å². The van der Waals surface area contributed by atoms with E-state index in [0.29, 0.717) is 12.0 Å². The highest BCUT2D eigenvalue weighted by atomic mass is 32.2. The molecule has 1 rings (SSSR count). The Balaban J connectivity index is 2.63. The quantitative estimate of drug-likeness (QED) is 0.790. The van der Waals surface area contributed by atoms with E-state index in [1.807, 2.05) is 11.8 Å². The molecule has 0 bridgehead atoms. The summed E-state index contributed by atoms with van der Waals surface area (Å²) < 4.78 is 0. The van der Waals surface area contributed by atoms with Crippen LogP contribution in [0, 0.1) is 6.92 Å². The molecule has 0 spiro atoms. The van der Waals surface area contributed by atoms with Crippen LogP contribution >= 0.6 is 11.8 Å². The normalized spacial score (nSPS) is 13.0. The number of thioether (sulfide) groups is 1. The van der Waals surface area contributed by atoms with Crippen molar-refractivity contribution in [3.8, 4) is 0 Å². The van der Waals surface area contributed by atoms with Crippen LogP contribution in [-0.2, 0) is 0 Å². The monoisotopic (exact) mass is 251 g/mol. The van der Waals surface area contributed by atoms with Gasteiger partial charge < -0.3 is 5.32 Å². The molecule has 1 unspecified atom stereocenters. The van der Waals surface area contributed by atoms with E-state index >= 15 is 0 Å². The number of rotatable bonds is 7. The Kier molecular flexibility index (Phi) is 6.68. The molecule has 0 heterocycles. The zero-order valence-electron chi connectivity index (χ0n) is 11.5. The SMILES string of the molecule is CSCCC(CNC(C)C)c1ccc(C)cc1. The van der Waals surface area contributed by atoms with E-state index in [9.17, 15) is 0 Å². The Morgan fingerprint density at radius 3 is 2.35 bits per heavy atom. The fourth-order valence-corrected chi connectivity index (χ4v) is 2.38. The van der Waals surface area contributed by atoms with Gasteiger partial charge in [0.2, 0.25) is 0 Å². The molecule has 96 valence electrons. The summed E-state index contributed by atoms with van der Waals surface area (Å²) in [6.07, 6.45) is 3.44. The highest BCUT2D eigenvalue weighted by molar-refractivity contribution is 7.98. The molecule has 0 aromatic heterocycles. The van der Waals surface area contributed by atoms with Crippen molar-refractivity contribution in [1.29, 1.82) is 0 Å². The molecule has 2 heteroatoms. The number of hydrogen-bond donors (Lipinski definition) is 1. The van der Waals surface area contributed by atoms with Crippen LogP contribution in [0.15, 0.2) is 24.3 Å². The van der Waals surface area contributed by atoms with E-state index in [-0.39, 0.29) is 0 Å². The van der Waals surface area contributed by atoms with Crippen molar-refractivity contribution in [3.05, 3.63) is 35.4 Å². The second kappa shape index (κ2) is 7.78. The lowest BCUT2D eigenvalue weighted by Gasteiger charge is -2.19. The van der Waals surface area contributed by atoms with Crippen LogP contribution in [-0.4, -0.2) is 24.6 Å². The van der Waals surface area contributed by atoms with Crippen molar-refractivity contribution in [1.82, 2.24) is 5.32 Å². The Bertz CT molecular complexity index is 305. The molecule has 0 radical (unpaired) electrons. The van der Waals surface area contributed by atoms with Gasteiger partial charge in [-0.1, -0.05) is 43.7 Å². The first-order valence-electron chi connectivity index (χ1n) is 6.42. The summed E-state index contributed by atoms with van der Waals surface area (Å²) in [4.78, 5) is 0. The lowest BCUT2D eigenvalue weighted by atomic mass is 9.95. The van der Waals surface area contributed by atoms with Crippen LogP contribution in [0.5, 0.6) is 0 Å². The van der Waals surface area contributed by atoms with Gasteiger partial charge in [0.05, 0.1) is 0 Å². The van der Waals surface area contributed by atoms with E-state index in [1.165, 1.54) is 23.3 Å². The first kappa shape index (κ1) is 14.6. The van der Waals surface area contributed by atoms with Crippen molar-refractivity contribution < 1.29 is 0 Å². The maximum atomic E-state index is 3.56. The van der Waals surface area contributed by atoms with Crippen molar-refractivity contribution in [2.45, 2.75) is 39.2 Å². The van der Waals surface area contributed by atoms with Gasteiger partial charge in [-0.05, 0) is 36.8 Å². The topological polar surface area (TPSA) is 12.0 Å². The van der Waals surface area contributed by atoms with Gasteiger partial charge >= 0.3 is 0 Å². The van der Waals surface area contributed by atoms with Crippen LogP contribution in [0.2, 0.25) is 0 Å². The smallest absolute Gasteiger partial charge is 0.00228 e. The summed E-state index contributed by atoms with van der Waals surface area (Å²) in [6, 6.07) is 9.57. The van der Waals surface area contributed by atoms with Crippen LogP contribution in [0.3, 0.4) is 0 Å². The fourth-order valence-electron chi connectivity index (χ4n) is 1.86. The molecule has 0 fully saturated rings. The third-order valence-corrected chi connectivity index (χ3v) is 3.64. The number of hydrogen-bond acceptors (Lipinski definition) is 2. The van der Waals surface area contributed by atoms with Gasteiger partial charge in [-0.2, -0.15) is 11.8 Å². The van der Waals surface area contributed by atoms with E-state index < -0.39 is 0 Å². The van der Waals surface area contributed by atoms with Gasteiger partial charge in [0, 0.05) is 12.6 Å². The predicted octanol–water partition coefficient (Wildman–Crippen LogP) is 3.83. The second-order valence-electron chi connectivity index (χ2n) is 4.95. The predicted molar refractivity (Wildman–Crippen MR) is 80.1 cm³/mol. The molecule has 0 saturated carbocycles. The van der Waals surface area contributed by atoms with E-state index in [4.69, 9.17) is 0 Å². The van der Waals surface area contributed by atoms with Crippen LogP contribution in [0.1, 0.15) is 37.3 Å². The molecule has 0 aliphatic carbocycles. The minimum Gasteiger partial charge on any atom is -0.314 e. The fraction of sp³-hybridized carbons (Fsp3) is 0.600. The maximum Gasteiger partial charge on any atom is 0.00228 e. The summed E-state index contributed by atoms with van der Waals surface area (Å²) >= 11 is 1.93. The molecule has 0 aliphatic heterocycles. The average Bonchev–Trinajstić information content (AvgIpc) is 2.30. The van der Waals surface area contributed by atoms with Crippen LogP contribution in [0.4, 0.5) is 0 Å². The van der Waals surface area contributed by atoms with Crippen molar-refractivity contribution in [3.63, 3.8) is 0 Å². The molecule has 0 amide bonds. The Labute approximate surface area is 110 Å². The molecule has 1 aromatic carbocycles. The summed E-state index contributed by atoms with van der Waals surface area (Å²) in [5.41, 5.74) is 2.81. The molecule has 0 aliphatic rings. The van der Waals surface area contributed by atoms with Crippen molar-refractivity contribution >= 4 is 11.8 Å². The second-order valence-corrected chi connectivity index (χ2v) is 5.94. The third-order valence-electron chi connectivity index (χ3n) is 2.99. The number of benzene rings is 1. The van der Waals surface area contributed by atoms with Gasteiger partial charge in [0.15, 0.2) is 0 Å². The van der Waals surface area contributed by atoms with Crippen molar-refractivity contribution in [2.24, 2.45) is 0 Å². The standard InChI is InChI=1S/C15H25NS/c1-12(2)16-11-15(9-10-17-4)14-7-5-13(3)6-8-14/h5-8,12,15-16H,9-11H2,1-4H3. The maximum absolute atomic E-state index is 3.56. The van der Waals surface area contributed by atoms with E-state index in [2.05, 4.69) is 56.6 Å². The van der Waals surface area contributed by atoms with Crippen LogP contribution in [0.25, 0.3) is 0 Å². The summed E-state index contributed by atoms with van der Waals surface area (Å²) in [7, 11) is 0. The number of nitrogens with one attached hydrogen (secondary N) is 1. The zero-order chi connectivity index (χ0) is 12.7. The summed E-state index contributed by atoms with van der Waals surface area (Å²) in [5, 5.41) is 3.56. The Morgan fingerprint density at radius 2 is 1.82 bits per heavy atom. The molecular formula is C15H25NS. The Morgan fingerprint density at radius 1 is 1.18 bits per heavy atom. The molecule has 1 nitrogen and oxygen atoms in total. The molecule has 1 aromatic rings. The van der Waals surface area contributed by atoms with E-state index in [0.717, 1.165) is 6.54 Å². The first-order chi connectivity index (χ1) is 8.13. The molecule has 0 saturated heterocycles. The molecule has 1 N–H and O–H groups in total. The minimum atomic E-state index is 0.567. The highest BCUT2D eigenvalue weighted by Gasteiger charge is 2.11. The first-order valence-corrected chi connectivity index (χ1v) is 7.81. The molecular weight excluding hydrogens is 226 g/mol. The largest absolute Gasteiger partial charge is 0.314 e. The van der Waals surface area contributed by atoms with E-state index in [1.54, 1.807) is 0 Å². The zero-order valence-corrected chi connectivity index (χ0v) is 12.3. The van der Waals surface area contributed by atoms with Gasteiger partial charge in [-0.3, -0.25) is 0 Å². The minimum absolute atomic E-state index is 0.567. The van der Waals surface area contributed by atoms with Gasteiger partial charge in [0.1, 0.15) is 0 Å². The van der Waals surface area contributed by atoms with Gasteiger partial charge in [0.25, 0.3) is 0 Å². The van der Waals surface area contributed by atoms with Gasteiger partial charge in [-0.25, -0.2) is 0 Å². The third kappa shape index (κ3) is 5.60.